The van der Waals surface area contributed by atoms with Gasteiger partial charge in [-0.3, -0.25) is 0 Å². The lowest BCUT2D eigenvalue weighted by Crippen LogP contribution is -2.46. The van der Waals surface area contributed by atoms with Gasteiger partial charge in [0.25, 0.3) is 0 Å². The Balaban J connectivity index is 1.76. The van der Waals surface area contributed by atoms with Crippen LogP contribution in [-0.4, -0.2) is 38.5 Å². The van der Waals surface area contributed by atoms with Crippen molar-refractivity contribution in [2.45, 2.75) is 58.1 Å². The van der Waals surface area contributed by atoms with Gasteiger partial charge in [-0.1, -0.05) is 13.8 Å². The smallest absolute Gasteiger partial charge is 0.0730 e. The molecule has 0 aromatic rings. The average molecular weight is 255 g/mol. The van der Waals surface area contributed by atoms with Crippen molar-refractivity contribution in [3.8, 4) is 0 Å². The van der Waals surface area contributed by atoms with Gasteiger partial charge in [-0.05, 0) is 44.6 Å². The molecule has 2 fully saturated rings. The van der Waals surface area contributed by atoms with Gasteiger partial charge < -0.3 is 14.8 Å². The van der Waals surface area contributed by atoms with E-state index in [-0.39, 0.29) is 0 Å². The van der Waals surface area contributed by atoms with Crippen molar-refractivity contribution in [3.63, 3.8) is 0 Å². The SMILES string of the molecule is CCCNC1CCC(C)CC1OCC1CCOC1. The van der Waals surface area contributed by atoms with Crippen LogP contribution in [0.15, 0.2) is 0 Å². The molecule has 0 bridgehead atoms. The summed E-state index contributed by atoms with van der Waals surface area (Å²) >= 11 is 0. The first-order valence-electron chi connectivity index (χ1n) is 7.72. The Morgan fingerprint density at radius 1 is 1.28 bits per heavy atom. The number of rotatable bonds is 6. The molecule has 0 aromatic carbocycles. The fraction of sp³-hybridized carbons (Fsp3) is 1.00. The lowest BCUT2D eigenvalue weighted by atomic mass is 9.85. The number of hydrogen-bond donors (Lipinski definition) is 1. The standard InChI is InChI=1S/C15H29NO2/c1-3-7-16-14-5-4-12(2)9-15(14)18-11-13-6-8-17-10-13/h12-16H,3-11H2,1-2H3. The zero-order chi connectivity index (χ0) is 12.8. The largest absolute Gasteiger partial charge is 0.381 e. The van der Waals surface area contributed by atoms with Gasteiger partial charge in [0.1, 0.15) is 0 Å². The molecule has 1 aliphatic carbocycles. The molecular formula is C15H29NO2. The van der Waals surface area contributed by atoms with Crippen LogP contribution in [0.5, 0.6) is 0 Å². The third-order valence-corrected chi connectivity index (χ3v) is 4.28. The van der Waals surface area contributed by atoms with Crippen LogP contribution in [-0.2, 0) is 9.47 Å². The lowest BCUT2D eigenvalue weighted by molar-refractivity contribution is -0.0243. The van der Waals surface area contributed by atoms with E-state index in [9.17, 15) is 0 Å². The number of nitrogens with one attached hydrogen (secondary N) is 1. The second-order valence-electron chi connectivity index (χ2n) is 6.08. The molecular weight excluding hydrogens is 226 g/mol. The highest BCUT2D eigenvalue weighted by Gasteiger charge is 2.29. The van der Waals surface area contributed by atoms with Gasteiger partial charge >= 0.3 is 0 Å². The van der Waals surface area contributed by atoms with E-state index in [0.29, 0.717) is 18.1 Å². The molecule has 4 atom stereocenters. The molecule has 4 unspecified atom stereocenters. The molecule has 3 nitrogen and oxygen atoms in total. The van der Waals surface area contributed by atoms with Gasteiger partial charge in [-0.2, -0.15) is 0 Å². The third kappa shape index (κ3) is 4.22. The van der Waals surface area contributed by atoms with Crippen molar-refractivity contribution in [1.82, 2.24) is 5.32 Å². The molecule has 2 aliphatic rings. The molecule has 0 aromatic heterocycles. The Morgan fingerprint density at radius 3 is 2.89 bits per heavy atom. The van der Waals surface area contributed by atoms with E-state index in [1.54, 1.807) is 0 Å². The maximum absolute atomic E-state index is 6.20. The second-order valence-corrected chi connectivity index (χ2v) is 6.08. The summed E-state index contributed by atoms with van der Waals surface area (Å²) in [6.07, 6.45) is 6.63. The highest BCUT2D eigenvalue weighted by molar-refractivity contribution is 4.84. The molecule has 1 aliphatic heterocycles. The Morgan fingerprint density at radius 2 is 2.17 bits per heavy atom. The summed E-state index contributed by atoms with van der Waals surface area (Å²) in [6, 6.07) is 0.573. The van der Waals surface area contributed by atoms with Crippen LogP contribution in [0, 0.1) is 11.8 Å². The van der Waals surface area contributed by atoms with E-state index in [0.717, 1.165) is 32.3 Å². The topological polar surface area (TPSA) is 30.5 Å². The van der Waals surface area contributed by atoms with Gasteiger partial charge in [0.05, 0.1) is 19.3 Å². The van der Waals surface area contributed by atoms with Crippen LogP contribution in [0.25, 0.3) is 0 Å². The van der Waals surface area contributed by atoms with Crippen LogP contribution in [0.1, 0.15) is 46.0 Å². The van der Waals surface area contributed by atoms with E-state index in [1.165, 1.54) is 32.1 Å². The van der Waals surface area contributed by atoms with Gasteiger partial charge in [0.15, 0.2) is 0 Å². The summed E-state index contributed by atoms with van der Waals surface area (Å²) in [5, 5.41) is 3.66. The fourth-order valence-electron chi connectivity index (χ4n) is 3.05. The molecule has 1 N–H and O–H groups in total. The number of hydrogen-bond acceptors (Lipinski definition) is 3. The Kier molecular flexibility index (Phi) is 5.93. The molecule has 0 radical (unpaired) electrons. The Labute approximate surface area is 112 Å². The number of ether oxygens (including phenoxy) is 2. The van der Waals surface area contributed by atoms with Crippen molar-refractivity contribution >= 4 is 0 Å². The summed E-state index contributed by atoms with van der Waals surface area (Å²) in [6.45, 7) is 8.41. The van der Waals surface area contributed by atoms with E-state index in [1.807, 2.05) is 0 Å². The Bertz CT molecular complexity index is 227. The highest BCUT2D eigenvalue weighted by atomic mass is 16.5. The van der Waals surface area contributed by atoms with E-state index >= 15 is 0 Å². The summed E-state index contributed by atoms with van der Waals surface area (Å²) in [4.78, 5) is 0. The maximum atomic E-state index is 6.20. The maximum Gasteiger partial charge on any atom is 0.0730 e. The minimum atomic E-state index is 0.417. The molecule has 2 rings (SSSR count). The first-order valence-corrected chi connectivity index (χ1v) is 7.72. The van der Waals surface area contributed by atoms with Gasteiger partial charge in [-0.15, -0.1) is 0 Å². The quantitative estimate of drug-likeness (QED) is 0.791. The highest BCUT2D eigenvalue weighted by Crippen LogP contribution is 2.27. The molecule has 1 saturated carbocycles. The van der Waals surface area contributed by atoms with Gasteiger partial charge in [-0.25, -0.2) is 0 Å². The van der Waals surface area contributed by atoms with Crippen LogP contribution < -0.4 is 5.32 Å². The van der Waals surface area contributed by atoms with Crippen LogP contribution in [0.2, 0.25) is 0 Å². The molecule has 1 heterocycles. The molecule has 1 saturated heterocycles. The van der Waals surface area contributed by atoms with Crippen molar-refractivity contribution in [3.05, 3.63) is 0 Å². The molecule has 0 amide bonds. The third-order valence-electron chi connectivity index (χ3n) is 4.28. The summed E-state index contributed by atoms with van der Waals surface area (Å²) in [5.74, 6) is 1.45. The average Bonchev–Trinajstić information content (AvgIpc) is 2.88. The molecule has 18 heavy (non-hydrogen) atoms. The summed E-state index contributed by atoms with van der Waals surface area (Å²) < 4.78 is 11.6. The first kappa shape index (κ1) is 14.3. The van der Waals surface area contributed by atoms with E-state index in [4.69, 9.17) is 9.47 Å². The zero-order valence-electron chi connectivity index (χ0n) is 12.0. The van der Waals surface area contributed by atoms with Crippen LogP contribution >= 0.6 is 0 Å². The van der Waals surface area contributed by atoms with E-state index in [2.05, 4.69) is 19.2 Å². The molecule has 0 spiro atoms. The Hall–Kier alpha value is -0.120. The van der Waals surface area contributed by atoms with Crippen molar-refractivity contribution < 1.29 is 9.47 Å². The molecule has 3 heteroatoms. The van der Waals surface area contributed by atoms with Crippen molar-refractivity contribution in [2.24, 2.45) is 11.8 Å². The lowest BCUT2D eigenvalue weighted by Gasteiger charge is -2.36. The van der Waals surface area contributed by atoms with Crippen molar-refractivity contribution in [2.75, 3.05) is 26.4 Å². The van der Waals surface area contributed by atoms with Crippen LogP contribution in [0.4, 0.5) is 0 Å². The van der Waals surface area contributed by atoms with Gasteiger partial charge in [0.2, 0.25) is 0 Å². The molecule has 106 valence electrons. The van der Waals surface area contributed by atoms with Crippen LogP contribution in [0.3, 0.4) is 0 Å². The van der Waals surface area contributed by atoms with Crippen molar-refractivity contribution in [1.29, 1.82) is 0 Å². The predicted octanol–water partition coefficient (Wildman–Crippen LogP) is 2.60. The monoisotopic (exact) mass is 255 g/mol. The first-order chi connectivity index (χ1) is 8.79. The zero-order valence-corrected chi connectivity index (χ0v) is 12.0. The minimum Gasteiger partial charge on any atom is -0.381 e. The summed E-state index contributed by atoms with van der Waals surface area (Å²) in [7, 11) is 0. The van der Waals surface area contributed by atoms with Gasteiger partial charge in [0, 0.05) is 18.6 Å². The summed E-state index contributed by atoms with van der Waals surface area (Å²) in [5.41, 5.74) is 0. The normalized spacial score (nSPS) is 37.0. The fourth-order valence-corrected chi connectivity index (χ4v) is 3.05. The van der Waals surface area contributed by atoms with E-state index < -0.39 is 0 Å². The second kappa shape index (κ2) is 7.46. The predicted molar refractivity (Wildman–Crippen MR) is 73.8 cm³/mol. The minimum absolute atomic E-state index is 0.417.